The molecule has 138 valence electrons. The number of benzene rings is 1. The van der Waals surface area contributed by atoms with E-state index in [0.29, 0.717) is 5.91 Å². The maximum atomic E-state index is 13.4. The summed E-state index contributed by atoms with van der Waals surface area (Å²) in [6.45, 7) is 5.42. The van der Waals surface area contributed by atoms with Crippen molar-refractivity contribution in [2.24, 2.45) is 0 Å². The van der Waals surface area contributed by atoms with Gasteiger partial charge in [-0.2, -0.15) is 0 Å². The summed E-state index contributed by atoms with van der Waals surface area (Å²) in [5, 5.41) is 10.4. The summed E-state index contributed by atoms with van der Waals surface area (Å²) < 4.78 is 0. The lowest BCUT2D eigenvalue weighted by molar-refractivity contribution is -0.147. The van der Waals surface area contributed by atoms with E-state index in [2.05, 4.69) is 44.3 Å². The summed E-state index contributed by atoms with van der Waals surface area (Å²) in [5.41, 5.74) is 0.988. The summed E-state index contributed by atoms with van der Waals surface area (Å²) in [6, 6.07) is 10.5. The van der Waals surface area contributed by atoms with E-state index in [0.717, 1.165) is 68.3 Å². The lowest BCUT2D eigenvalue weighted by atomic mass is 9.85. The van der Waals surface area contributed by atoms with Gasteiger partial charge in [-0.15, -0.1) is 21.5 Å². The number of rotatable bonds is 5. The van der Waals surface area contributed by atoms with Crippen LogP contribution in [0.15, 0.2) is 30.3 Å². The summed E-state index contributed by atoms with van der Waals surface area (Å²) in [5.74, 6) is 0.332. The first-order chi connectivity index (χ1) is 12.7. The molecule has 2 saturated heterocycles. The topological polar surface area (TPSA) is 49.3 Å². The predicted octanol–water partition coefficient (Wildman–Crippen LogP) is 3.05. The molecule has 1 amide bonds. The third-order valence-electron chi connectivity index (χ3n) is 5.73. The molecule has 0 N–H and O–H groups in total. The van der Waals surface area contributed by atoms with Gasteiger partial charge < -0.3 is 4.90 Å². The van der Waals surface area contributed by atoms with Crippen molar-refractivity contribution < 1.29 is 4.79 Å². The van der Waals surface area contributed by atoms with Gasteiger partial charge in [0.25, 0.3) is 0 Å². The minimum atomic E-state index is -0.311. The minimum Gasteiger partial charge on any atom is -0.341 e. The molecule has 1 spiro atoms. The van der Waals surface area contributed by atoms with Gasteiger partial charge in [-0.3, -0.25) is 9.69 Å². The Morgan fingerprint density at radius 1 is 1.12 bits per heavy atom. The fourth-order valence-electron chi connectivity index (χ4n) is 4.44. The summed E-state index contributed by atoms with van der Waals surface area (Å²) >= 11 is 1.64. The van der Waals surface area contributed by atoms with Crippen LogP contribution in [-0.4, -0.2) is 51.1 Å². The molecular weight excluding hydrogens is 344 g/mol. The molecule has 0 saturated carbocycles. The van der Waals surface area contributed by atoms with E-state index in [9.17, 15) is 4.79 Å². The molecule has 2 fully saturated rings. The number of piperidine rings is 1. The number of aromatic nitrogens is 2. The normalized spacial score (nSPS) is 23.9. The van der Waals surface area contributed by atoms with Crippen molar-refractivity contribution in [1.82, 2.24) is 20.0 Å². The van der Waals surface area contributed by atoms with Gasteiger partial charge in [0, 0.05) is 13.1 Å². The van der Waals surface area contributed by atoms with Crippen molar-refractivity contribution in [3.8, 4) is 0 Å². The SMILES string of the molecule is Cc1nnc(CN2CCCC23CCCN(CCc2ccccc2)C3=O)s1. The quantitative estimate of drug-likeness (QED) is 0.812. The molecule has 0 bridgehead atoms. The second kappa shape index (κ2) is 7.45. The fraction of sp³-hybridized carbons (Fsp3) is 0.550. The standard InChI is InChI=1S/C20H26N4OS/c1-16-21-22-18(26-16)15-24-13-6-11-20(24)10-5-12-23(19(20)25)14-9-17-7-3-2-4-8-17/h2-4,7-8H,5-6,9-15H2,1H3. The van der Waals surface area contributed by atoms with Crippen LogP contribution in [0.4, 0.5) is 0 Å². The average Bonchev–Trinajstić information content (AvgIpc) is 3.25. The van der Waals surface area contributed by atoms with Crippen molar-refractivity contribution in [3.63, 3.8) is 0 Å². The van der Waals surface area contributed by atoms with Gasteiger partial charge in [0.2, 0.25) is 5.91 Å². The first kappa shape index (κ1) is 17.6. The van der Waals surface area contributed by atoms with E-state index in [1.54, 1.807) is 11.3 Å². The zero-order valence-electron chi connectivity index (χ0n) is 15.4. The predicted molar refractivity (Wildman–Crippen MR) is 103 cm³/mol. The first-order valence-corrected chi connectivity index (χ1v) is 10.4. The van der Waals surface area contributed by atoms with Crippen LogP contribution in [0.1, 0.15) is 41.3 Å². The molecule has 26 heavy (non-hydrogen) atoms. The fourth-order valence-corrected chi connectivity index (χ4v) is 5.17. The zero-order valence-corrected chi connectivity index (χ0v) is 16.2. The largest absolute Gasteiger partial charge is 0.341 e. The number of likely N-dealkylation sites (tertiary alicyclic amines) is 2. The molecule has 1 unspecified atom stereocenters. The first-order valence-electron chi connectivity index (χ1n) is 9.55. The number of carbonyl (C=O) groups excluding carboxylic acids is 1. The second-order valence-corrected chi connectivity index (χ2v) is 8.67. The summed E-state index contributed by atoms with van der Waals surface area (Å²) in [7, 11) is 0. The van der Waals surface area contributed by atoms with Gasteiger partial charge in [-0.25, -0.2) is 0 Å². The van der Waals surface area contributed by atoms with E-state index >= 15 is 0 Å². The third kappa shape index (κ3) is 3.40. The lowest BCUT2D eigenvalue weighted by Crippen LogP contribution is -2.59. The molecule has 4 rings (SSSR count). The van der Waals surface area contributed by atoms with Crippen LogP contribution in [0.5, 0.6) is 0 Å². The molecule has 2 aliphatic heterocycles. The van der Waals surface area contributed by atoms with Gasteiger partial charge in [-0.05, 0) is 51.1 Å². The number of hydrogen-bond donors (Lipinski definition) is 0. The van der Waals surface area contributed by atoms with Crippen molar-refractivity contribution in [3.05, 3.63) is 45.9 Å². The van der Waals surface area contributed by atoms with Crippen LogP contribution in [-0.2, 0) is 17.8 Å². The number of amides is 1. The molecule has 3 heterocycles. The van der Waals surface area contributed by atoms with Gasteiger partial charge in [0.1, 0.15) is 15.6 Å². The molecule has 0 radical (unpaired) electrons. The van der Waals surface area contributed by atoms with Crippen molar-refractivity contribution in [2.45, 2.75) is 51.1 Å². The van der Waals surface area contributed by atoms with Gasteiger partial charge >= 0.3 is 0 Å². The van der Waals surface area contributed by atoms with Crippen LogP contribution >= 0.6 is 11.3 Å². The van der Waals surface area contributed by atoms with E-state index in [-0.39, 0.29) is 5.54 Å². The Morgan fingerprint density at radius 3 is 2.62 bits per heavy atom. The highest BCUT2D eigenvalue weighted by Gasteiger charge is 2.50. The summed E-state index contributed by atoms with van der Waals surface area (Å²) in [4.78, 5) is 17.9. The van der Waals surface area contributed by atoms with Crippen LogP contribution in [0.2, 0.25) is 0 Å². The molecule has 5 nitrogen and oxygen atoms in total. The third-order valence-corrected chi connectivity index (χ3v) is 6.56. The summed E-state index contributed by atoms with van der Waals surface area (Å²) in [6.07, 6.45) is 5.07. The molecule has 0 aliphatic carbocycles. The van der Waals surface area contributed by atoms with Crippen molar-refractivity contribution >= 4 is 17.2 Å². The Hall–Kier alpha value is -1.79. The molecule has 2 aromatic rings. The van der Waals surface area contributed by atoms with Crippen LogP contribution in [0, 0.1) is 6.92 Å². The van der Waals surface area contributed by atoms with Crippen LogP contribution in [0.25, 0.3) is 0 Å². The monoisotopic (exact) mass is 370 g/mol. The Balaban J connectivity index is 1.46. The molecule has 2 aliphatic rings. The lowest BCUT2D eigenvalue weighted by Gasteiger charge is -2.44. The van der Waals surface area contributed by atoms with E-state index in [1.807, 2.05) is 13.0 Å². The Labute approximate surface area is 159 Å². The Kier molecular flexibility index (Phi) is 5.05. The molecule has 6 heteroatoms. The number of hydrogen-bond acceptors (Lipinski definition) is 5. The van der Waals surface area contributed by atoms with E-state index < -0.39 is 0 Å². The number of nitrogens with zero attached hydrogens (tertiary/aromatic N) is 4. The van der Waals surface area contributed by atoms with E-state index in [4.69, 9.17) is 0 Å². The molecular formula is C20H26N4OS. The Bertz CT molecular complexity index is 762. The molecule has 1 atom stereocenters. The number of aryl methyl sites for hydroxylation is 1. The highest BCUT2D eigenvalue weighted by Crippen LogP contribution is 2.39. The van der Waals surface area contributed by atoms with Gasteiger partial charge in [-0.1, -0.05) is 30.3 Å². The molecule has 1 aromatic heterocycles. The smallest absolute Gasteiger partial charge is 0.243 e. The van der Waals surface area contributed by atoms with E-state index in [1.165, 1.54) is 5.56 Å². The molecule has 1 aromatic carbocycles. The second-order valence-electron chi connectivity index (χ2n) is 7.40. The maximum absolute atomic E-state index is 13.4. The van der Waals surface area contributed by atoms with Crippen LogP contribution in [0.3, 0.4) is 0 Å². The van der Waals surface area contributed by atoms with Gasteiger partial charge in [0.05, 0.1) is 6.54 Å². The minimum absolute atomic E-state index is 0.311. The maximum Gasteiger partial charge on any atom is 0.243 e. The van der Waals surface area contributed by atoms with Gasteiger partial charge in [0.15, 0.2) is 0 Å². The highest BCUT2D eigenvalue weighted by molar-refractivity contribution is 7.11. The number of carbonyl (C=O) groups is 1. The Morgan fingerprint density at radius 2 is 1.88 bits per heavy atom. The van der Waals surface area contributed by atoms with Crippen molar-refractivity contribution in [1.29, 1.82) is 0 Å². The zero-order chi connectivity index (χ0) is 18.0. The van der Waals surface area contributed by atoms with Crippen molar-refractivity contribution in [2.75, 3.05) is 19.6 Å². The van der Waals surface area contributed by atoms with Crippen LogP contribution < -0.4 is 0 Å². The average molecular weight is 371 g/mol. The highest BCUT2D eigenvalue weighted by atomic mass is 32.1.